The minimum atomic E-state index is -4.40. The van der Waals surface area contributed by atoms with E-state index in [2.05, 4.69) is 390 Å². The van der Waals surface area contributed by atoms with Crippen LogP contribution in [0.2, 0.25) is 20.5 Å². The summed E-state index contributed by atoms with van der Waals surface area (Å²) in [5.74, 6) is 0. The molecule has 0 amide bonds. The fourth-order valence-corrected chi connectivity index (χ4v) is 21.1. The number of aryl methyl sites for hydroxylation is 1. The summed E-state index contributed by atoms with van der Waals surface area (Å²) in [5.41, 5.74) is 20.3. The third-order valence-corrected chi connectivity index (χ3v) is 27.0. The average molecular weight is 1900 g/mol. The number of benzene rings is 14. The Balaban J connectivity index is 0.000000295. The van der Waals surface area contributed by atoms with Crippen LogP contribution in [0.3, 0.4) is 0 Å². The van der Waals surface area contributed by atoms with Crippen LogP contribution in [0, 0.1) is 14.1 Å². The zero-order chi connectivity index (χ0) is 85.1. The Bertz CT molecular complexity index is 4140. The minimum absolute atomic E-state index is 0. The van der Waals surface area contributed by atoms with E-state index in [0.717, 1.165) is 30.7 Å². The van der Waals surface area contributed by atoms with Crippen LogP contribution >= 0.6 is 47.6 Å². The van der Waals surface area contributed by atoms with Gasteiger partial charge in [-0.05, 0) is 175 Å². The second-order valence-corrected chi connectivity index (χ2v) is 34.6. The Kier molecular flexibility index (Phi) is 50.1. The number of alkyl halides is 6. The van der Waals surface area contributed by atoms with Gasteiger partial charge < -0.3 is 50.7 Å². The van der Waals surface area contributed by atoms with Crippen LogP contribution in [0.15, 0.2) is 393 Å². The summed E-state index contributed by atoms with van der Waals surface area (Å²) >= 11 is 2.88. The molecule has 2 radical (unpaired) electrons. The average Bonchev–Trinajstić information content (AvgIpc) is 0.787. The number of rotatable bonds is 14. The Morgan fingerprint density at radius 1 is 0.350 bits per heavy atom. The molecule has 1 aliphatic rings. The molecule has 0 unspecified atom stereocenters. The molecule has 608 valence electrons. The van der Waals surface area contributed by atoms with Crippen molar-refractivity contribution in [3.8, 4) is 0 Å². The quantitative estimate of drug-likeness (QED) is 0.0134. The van der Waals surface area contributed by atoms with Gasteiger partial charge in [0.2, 0.25) is 0 Å². The van der Waals surface area contributed by atoms with E-state index < -0.39 is 55.2 Å². The summed E-state index contributed by atoms with van der Waals surface area (Å²) in [6.07, 6.45) is -8.77. The van der Waals surface area contributed by atoms with Crippen LogP contribution in [0.4, 0.5) is 53.5 Å². The molecule has 28 heteroatoms. The molecule has 1 fully saturated rings. The van der Waals surface area contributed by atoms with Crippen LogP contribution in [0.25, 0.3) is 1.43 Å². The van der Waals surface area contributed by atoms with E-state index in [9.17, 15) is 30.7 Å². The van der Waals surface area contributed by atoms with Crippen molar-refractivity contribution in [2.45, 2.75) is 39.7 Å². The maximum Gasteiger partial charge on any atom is 2.00 e. The van der Waals surface area contributed by atoms with E-state index in [1.807, 2.05) is 20.5 Å². The Labute approximate surface area is 815 Å². The molecule has 0 spiro atoms. The standard InChI is InChI=1S/4C18H15P.C8H9F3N2.C7H6BrF3N2.C3H9B3O3.CH2F.CHO3.2K.Pd/c4*1-4-10-16(11-5-1)19(17-12-6-2-7-13-17)18-14-8-3-9-15-18;1-4-2-5(8(9,10)11)3-6(12)7(4)13;8-4-1-3(7(9,10)11)2-5(12)6(4)13;1-4-7-5(2)9-6(3)8-4;1-2;2-1-4-3;;;/h4*1-15H;2-3H,12-13H2,1H3;1-2H,12-13H2;1-3H3;1H2;3H;;;/q;;;;;;;2*-1;;;+2/i/hD. The molecule has 10 nitrogen and oxygen atoms in total. The first kappa shape index (κ1) is 104. The molecule has 1 aliphatic heterocycles. The monoisotopic (exact) mass is 1900 g/mol. The first-order valence-electron chi connectivity index (χ1n) is 36.8. The van der Waals surface area contributed by atoms with Gasteiger partial charge in [-0.15, -0.1) is 0 Å². The van der Waals surface area contributed by atoms with Gasteiger partial charge in [0.25, 0.3) is 1.43 Å². The fourth-order valence-electron chi connectivity index (χ4n) is 11.4. The van der Waals surface area contributed by atoms with Gasteiger partial charge in [0.15, 0.2) is 0 Å². The van der Waals surface area contributed by atoms with E-state index >= 15 is 0 Å². The number of nitrogens with two attached hydrogens (primary N) is 4. The maximum atomic E-state index is 12.2. The molecule has 1 saturated heterocycles. The number of halogens is 8. The molecule has 15 rings (SSSR count). The largest absolute Gasteiger partial charge is 2.00 e. The van der Waals surface area contributed by atoms with Gasteiger partial charge in [-0.1, -0.05) is 364 Å². The third-order valence-electron chi connectivity index (χ3n) is 16.6. The van der Waals surface area contributed by atoms with Crippen molar-refractivity contribution in [3.05, 3.63) is 417 Å². The first-order valence-corrected chi connectivity index (χ1v) is 42.5. The van der Waals surface area contributed by atoms with Crippen molar-refractivity contribution in [1.82, 2.24) is 0 Å². The van der Waals surface area contributed by atoms with Crippen molar-refractivity contribution in [2.24, 2.45) is 0 Å². The van der Waals surface area contributed by atoms with Gasteiger partial charge in [0, 0.05) is 107 Å². The third kappa shape index (κ3) is 35.9. The molecule has 0 saturated carbocycles. The molecule has 0 bridgehead atoms. The predicted molar refractivity (Wildman–Crippen MR) is 499 cm³/mol. The van der Waals surface area contributed by atoms with Gasteiger partial charge in [-0.3, -0.25) is 0 Å². The second-order valence-electron chi connectivity index (χ2n) is 24.9. The van der Waals surface area contributed by atoms with Crippen LogP contribution in [0.1, 0.15) is 16.7 Å². The molecule has 1 heterocycles. The summed E-state index contributed by atoms with van der Waals surface area (Å²) in [7, 11) is -0.440. The zero-order valence-electron chi connectivity index (χ0n) is 67.8. The Morgan fingerprint density at radius 2 is 0.517 bits per heavy atom. The molecule has 0 aliphatic carbocycles. The van der Waals surface area contributed by atoms with Crippen molar-refractivity contribution < 1.29 is 79.8 Å². The second kappa shape index (κ2) is 57.8. The molecular formula is C92H87B3BrF7K2N4O6P4Pd. The summed E-state index contributed by atoms with van der Waals surface area (Å²) in [5, 5.41) is 19.8. The van der Waals surface area contributed by atoms with Crippen molar-refractivity contribution in [1.29, 1.82) is 1.43 Å². The molecule has 120 heavy (non-hydrogen) atoms. The van der Waals surface area contributed by atoms with Gasteiger partial charge in [-0.2, -0.15) is 33.5 Å². The SMILES string of the molecule is CB1OB(C)OB(C)O1.Cc1cc(C(F)(F)F)cc(N)c1N.Nc1cc(C(F)(F)F)cc(Br)c1N.[2H]OO[C-]=O.[CH2-]F.[K].[K].[Pd+2].c1ccc(P(c2ccccc2)c2ccccc2)cc1.c1ccc(P(c2ccccc2)c2ccccc2)cc1.c1ccc(P(c2ccccc2)c2ccccc2)cc1.c1ccc(P(c2ccccc2)c2ccccc2)cc1. The van der Waals surface area contributed by atoms with Crippen molar-refractivity contribution in [3.63, 3.8) is 0 Å². The van der Waals surface area contributed by atoms with Crippen molar-refractivity contribution >= 4 is 265 Å². The van der Waals surface area contributed by atoms with Gasteiger partial charge in [-0.25, -0.2) is 5.26 Å². The molecular weight excluding hydrogens is 1810 g/mol. The Morgan fingerprint density at radius 3 is 0.650 bits per heavy atom. The van der Waals surface area contributed by atoms with Crippen LogP contribution in [-0.2, 0) is 56.2 Å². The molecule has 14 aromatic rings. The normalized spacial score (nSPS) is 11.1. The number of nitrogen functional groups attached to an aromatic ring is 4. The number of hydrogen-bond donors (Lipinski definition) is 5. The maximum absolute atomic E-state index is 12.2. The van der Waals surface area contributed by atoms with E-state index in [0.29, 0.717) is 5.56 Å². The van der Waals surface area contributed by atoms with E-state index in [1.54, 1.807) is 7.18 Å². The van der Waals surface area contributed by atoms with E-state index in [-0.39, 0.29) is 172 Å². The summed E-state index contributed by atoms with van der Waals surface area (Å²) in [4.78, 5) is 12.0. The molecule has 14 aromatic carbocycles. The fraction of sp³-hybridized carbons (Fsp3) is 0.0652. The van der Waals surface area contributed by atoms with Gasteiger partial charge in [0.1, 0.15) is 0 Å². The van der Waals surface area contributed by atoms with E-state index in [1.165, 1.54) is 70.6 Å². The molecule has 0 atom stereocenters. The molecule has 0 aromatic heterocycles. The summed E-state index contributed by atoms with van der Waals surface area (Å²) in [6, 6.07) is 133. The summed E-state index contributed by atoms with van der Waals surface area (Å²) in [6.45, 7) is 7.91. The number of anilines is 4. The molecule has 9 N–H and O–H groups in total. The van der Waals surface area contributed by atoms with Crippen molar-refractivity contribution in [2.75, 3.05) is 22.9 Å². The Hall–Kier alpha value is -6.57. The summed E-state index contributed by atoms with van der Waals surface area (Å²) < 4.78 is 103. The minimum Gasteiger partial charge on any atom is -0.509 e. The predicted octanol–water partition coefficient (Wildman–Crippen LogP) is 18.5. The van der Waals surface area contributed by atoms with Crippen LogP contribution in [0.5, 0.6) is 0 Å². The topological polar surface area (TPSA) is 178 Å². The smallest absolute Gasteiger partial charge is 0.509 e. The number of hydrogen-bond acceptors (Lipinski definition) is 10. The number of carbonyl (C=O) groups excluding carboxylic acids is 1. The zero-order valence-corrected chi connectivity index (χ0v) is 79.7. The van der Waals surface area contributed by atoms with Crippen LogP contribution in [-0.4, -0.2) is 136 Å². The van der Waals surface area contributed by atoms with E-state index in [4.69, 9.17) is 42.9 Å². The van der Waals surface area contributed by atoms with Gasteiger partial charge in [0.05, 0.1) is 33.9 Å². The van der Waals surface area contributed by atoms with Gasteiger partial charge >= 0.3 is 54.1 Å². The van der Waals surface area contributed by atoms with Crippen LogP contribution < -0.4 is 86.6 Å². The first-order chi connectivity index (χ1) is 57.0.